The normalized spacial score (nSPS) is 10.7. The highest BCUT2D eigenvalue weighted by Gasteiger charge is 2.06. The molecule has 0 aliphatic carbocycles. The maximum atomic E-state index is 4.26. The average Bonchev–Trinajstić information content (AvgIpc) is 2.78. The SMILES string of the molecule is c1cnc(-c2cccc3[nH]cnc23)nc1. The molecule has 3 rings (SSSR count). The lowest BCUT2D eigenvalue weighted by Gasteiger charge is -1.99. The van der Waals surface area contributed by atoms with Gasteiger partial charge in [-0.1, -0.05) is 6.07 Å². The maximum Gasteiger partial charge on any atom is 0.161 e. The van der Waals surface area contributed by atoms with Crippen molar-refractivity contribution in [3.63, 3.8) is 0 Å². The van der Waals surface area contributed by atoms with Gasteiger partial charge in [0.2, 0.25) is 0 Å². The zero-order valence-electron chi connectivity index (χ0n) is 7.88. The van der Waals surface area contributed by atoms with Crippen LogP contribution in [0.4, 0.5) is 0 Å². The molecule has 0 radical (unpaired) electrons. The van der Waals surface area contributed by atoms with E-state index in [0.29, 0.717) is 5.82 Å². The highest BCUT2D eigenvalue weighted by Crippen LogP contribution is 2.22. The summed E-state index contributed by atoms with van der Waals surface area (Å²) in [7, 11) is 0. The summed E-state index contributed by atoms with van der Waals surface area (Å²) in [5.74, 6) is 0.704. The van der Waals surface area contributed by atoms with Crippen LogP contribution in [0.1, 0.15) is 0 Å². The third-order valence-corrected chi connectivity index (χ3v) is 2.26. The molecule has 0 bridgehead atoms. The quantitative estimate of drug-likeness (QED) is 0.647. The largest absolute Gasteiger partial charge is 0.345 e. The minimum absolute atomic E-state index is 0.704. The van der Waals surface area contributed by atoms with Crippen LogP contribution in [0.25, 0.3) is 22.4 Å². The zero-order chi connectivity index (χ0) is 10.1. The number of H-pyrrole nitrogens is 1. The van der Waals surface area contributed by atoms with Crippen LogP contribution >= 0.6 is 0 Å². The number of aromatic nitrogens is 4. The third kappa shape index (κ3) is 1.27. The minimum Gasteiger partial charge on any atom is -0.345 e. The fourth-order valence-corrected chi connectivity index (χ4v) is 1.58. The number of hydrogen-bond donors (Lipinski definition) is 1. The lowest BCUT2D eigenvalue weighted by molar-refractivity contribution is 1.18. The van der Waals surface area contributed by atoms with Crippen LogP contribution in [0.2, 0.25) is 0 Å². The maximum absolute atomic E-state index is 4.26. The number of fused-ring (bicyclic) bond motifs is 1. The Morgan fingerprint density at radius 3 is 2.67 bits per heavy atom. The first-order valence-electron chi connectivity index (χ1n) is 4.64. The predicted molar refractivity (Wildman–Crippen MR) is 57.1 cm³/mol. The van der Waals surface area contributed by atoms with Crippen molar-refractivity contribution in [2.75, 3.05) is 0 Å². The van der Waals surface area contributed by atoms with E-state index >= 15 is 0 Å². The van der Waals surface area contributed by atoms with Crippen molar-refractivity contribution < 1.29 is 0 Å². The van der Waals surface area contributed by atoms with Gasteiger partial charge in [-0.3, -0.25) is 0 Å². The Hall–Kier alpha value is -2.23. The summed E-state index contributed by atoms with van der Waals surface area (Å²) in [5.41, 5.74) is 2.86. The second-order valence-electron chi connectivity index (χ2n) is 3.18. The topological polar surface area (TPSA) is 54.5 Å². The standard InChI is InChI=1S/C11H8N4/c1-3-8(11-12-5-2-6-13-11)10-9(4-1)14-7-15-10/h1-7H,(H,14,15). The van der Waals surface area contributed by atoms with Crippen LogP contribution in [0.15, 0.2) is 43.0 Å². The number of nitrogens with zero attached hydrogens (tertiary/aromatic N) is 3. The van der Waals surface area contributed by atoms with E-state index in [4.69, 9.17) is 0 Å². The van der Waals surface area contributed by atoms with Gasteiger partial charge in [-0.25, -0.2) is 15.0 Å². The smallest absolute Gasteiger partial charge is 0.161 e. The highest BCUT2D eigenvalue weighted by atomic mass is 14.9. The van der Waals surface area contributed by atoms with Crippen LogP contribution in [0, 0.1) is 0 Å². The lowest BCUT2D eigenvalue weighted by Crippen LogP contribution is -1.87. The van der Waals surface area contributed by atoms with Gasteiger partial charge in [-0.15, -0.1) is 0 Å². The summed E-state index contributed by atoms with van der Waals surface area (Å²) in [6.45, 7) is 0. The van der Waals surface area contributed by atoms with Gasteiger partial charge in [-0.05, 0) is 18.2 Å². The second kappa shape index (κ2) is 3.16. The molecule has 0 saturated carbocycles. The van der Waals surface area contributed by atoms with E-state index in [9.17, 15) is 0 Å². The van der Waals surface area contributed by atoms with Crippen molar-refractivity contribution in [3.05, 3.63) is 43.0 Å². The highest BCUT2D eigenvalue weighted by molar-refractivity contribution is 5.89. The monoisotopic (exact) mass is 196 g/mol. The van der Waals surface area contributed by atoms with E-state index in [2.05, 4.69) is 19.9 Å². The van der Waals surface area contributed by atoms with Crippen LogP contribution in [-0.4, -0.2) is 19.9 Å². The number of rotatable bonds is 1. The number of aromatic amines is 1. The van der Waals surface area contributed by atoms with E-state index in [1.54, 1.807) is 24.8 Å². The van der Waals surface area contributed by atoms with Gasteiger partial charge in [0.25, 0.3) is 0 Å². The number of imidazole rings is 1. The Bertz CT molecular complexity index is 586. The van der Waals surface area contributed by atoms with Gasteiger partial charge in [-0.2, -0.15) is 0 Å². The fourth-order valence-electron chi connectivity index (χ4n) is 1.58. The number of benzene rings is 1. The molecule has 2 heterocycles. The number of nitrogens with one attached hydrogen (secondary N) is 1. The fraction of sp³-hybridized carbons (Fsp3) is 0. The molecule has 2 aromatic heterocycles. The Labute approximate surface area is 86.0 Å². The molecule has 0 aliphatic rings. The molecule has 1 aromatic carbocycles. The van der Waals surface area contributed by atoms with Gasteiger partial charge in [0.1, 0.15) is 0 Å². The van der Waals surface area contributed by atoms with Crippen molar-refractivity contribution >= 4 is 11.0 Å². The Morgan fingerprint density at radius 2 is 1.80 bits per heavy atom. The van der Waals surface area contributed by atoms with E-state index in [-0.39, 0.29) is 0 Å². The molecular weight excluding hydrogens is 188 g/mol. The van der Waals surface area contributed by atoms with Crippen molar-refractivity contribution in [2.45, 2.75) is 0 Å². The second-order valence-corrected chi connectivity index (χ2v) is 3.18. The minimum atomic E-state index is 0.704. The van der Waals surface area contributed by atoms with Crippen molar-refractivity contribution in [3.8, 4) is 11.4 Å². The Morgan fingerprint density at radius 1 is 0.933 bits per heavy atom. The molecule has 3 aromatic rings. The summed E-state index contributed by atoms with van der Waals surface area (Å²) in [4.78, 5) is 15.7. The molecule has 0 atom stereocenters. The van der Waals surface area contributed by atoms with E-state index in [0.717, 1.165) is 16.6 Å². The number of hydrogen-bond acceptors (Lipinski definition) is 3. The van der Waals surface area contributed by atoms with Crippen molar-refractivity contribution in [1.29, 1.82) is 0 Å². The summed E-state index contributed by atoms with van der Waals surface area (Å²) in [6.07, 6.45) is 5.14. The van der Waals surface area contributed by atoms with Crippen LogP contribution < -0.4 is 0 Å². The lowest BCUT2D eigenvalue weighted by atomic mass is 10.1. The molecule has 0 aliphatic heterocycles. The van der Waals surface area contributed by atoms with Gasteiger partial charge >= 0.3 is 0 Å². The summed E-state index contributed by atoms with van der Waals surface area (Å²) in [6, 6.07) is 7.72. The zero-order valence-corrected chi connectivity index (χ0v) is 7.88. The van der Waals surface area contributed by atoms with Gasteiger partial charge in [0.15, 0.2) is 5.82 Å². The molecule has 0 saturated heterocycles. The van der Waals surface area contributed by atoms with E-state index in [1.807, 2.05) is 18.2 Å². The van der Waals surface area contributed by atoms with Gasteiger partial charge < -0.3 is 4.98 Å². The third-order valence-electron chi connectivity index (χ3n) is 2.26. The molecule has 4 heteroatoms. The molecule has 0 amide bonds. The van der Waals surface area contributed by atoms with Gasteiger partial charge in [0, 0.05) is 18.0 Å². The van der Waals surface area contributed by atoms with Crippen LogP contribution in [0.5, 0.6) is 0 Å². The summed E-state index contributed by atoms with van der Waals surface area (Å²) in [5, 5.41) is 0. The van der Waals surface area contributed by atoms with Crippen molar-refractivity contribution in [2.24, 2.45) is 0 Å². The van der Waals surface area contributed by atoms with Crippen LogP contribution in [-0.2, 0) is 0 Å². The first kappa shape index (κ1) is 8.11. The Kier molecular flexibility index (Phi) is 1.71. The first-order valence-corrected chi connectivity index (χ1v) is 4.64. The molecule has 0 unspecified atom stereocenters. The Balaban J connectivity index is 2.31. The molecule has 0 fully saturated rings. The molecule has 0 spiro atoms. The van der Waals surface area contributed by atoms with Crippen molar-refractivity contribution in [1.82, 2.24) is 19.9 Å². The van der Waals surface area contributed by atoms with E-state index in [1.165, 1.54) is 0 Å². The van der Waals surface area contributed by atoms with E-state index < -0.39 is 0 Å². The molecule has 4 nitrogen and oxygen atoms in total. The average molecular weight is 196 g/mol. The first-order chi connectivity index (χ1) is 7.45. The van der Waals surface area contributed by atoms with Crippen LogP contribution in [0.3, 0.4) is 0 Å². The molecular formula is C11H8N4. The molecule has 15 heavy (non-hydrogen) atoms. The van der Waals surface area contributed by atoms with Gasteiger partial charge in [0.05, 0.1) is 17.4 Å². The predicted octanol–water partition coefficient (Wildman–Crippen LogP) is 2.02. The molecule has 72 valence electrons. The molecule has 1 N–H and O–H groups in total. The summed E-state index contributed by atoms with van der Waals surface area (Å²) >= 11 is 0. The summed E-state index contributed by atoms with van der Waals surface area (Å²) < 4.78 is 0. The number of para-hydroxylation sites is 1.